The Kier molecular flexibility index (Phi) is 7.29. The van der Waals surface area contributed by atoms with Crippen molar-refractivity contribution >= 4 is 24.2 Å². The molecule has 0 fully saturated rings. The molecule has 0 radical (unpaired) electrons. The van der Waals surface area contributed by atoms with Crippen molar-refractivity contribution in [3.63, 3.8) is 0 Å². The van der Waals surface area contributed by atoms with Crippen LogP contribution < -0.4 is 9.80 Å². The Bertz CT molecular complexity index is 1060. The van der Waals surface area contributed by atoms with Crippen molar-refractivity contribution < 1.29 is 9.59 Å². The summed E-state index contributed by atoms with van der Waals surface area (Å²) in [6.07, 6.45) is 2.52. The molecule has 0 saturated carbocycles. The van der Waals surface area contributed by atoms with Crippen LogP contribution in [-0.4, -0.2) is 12.8 Å². The highest BCUT2D eigenvalue weighted by Gasteiger charge is 2.08. The van der Waals surface area contributed by atoms with Gasteiger partial charge in [-0.1, -0.05) is 84.9 Å². The number of carbonyl (C=O) groups is 2. The van der Waals surface area contributed by atoms with E-state index in [0.29, 0.717) is 13.1 Å². The smallest absolute Gasteiger partial charge is 0.214 e. The lowest BCUT2D eigenvalue weighted by molar-refractivity contribution is -0.108. The van der Waals surface area contributed by atoms with Gasteiger partial charge >= 0.3 is 0 Å². The lowest BCUT2D eigenvalue weighted by Gasteiger charge is -2.18. The van der Waals surface area contributed by atoms with Crippen molar-refractivity contribution in [3.05, 3.63) is 131 Å². The van der Waals surface area contributed by atoms with Gasteiger partial charge in [0, 0.05) is 11.4 Å². The molecule has 0 unspecified atom stereocenters. The first kappa shape index (κ1) is 22.0. The van der Waals surface area contributed by atoms with Gasteiger partial charge in [-0.15, -0.1) is 0 Å². The van der Waals surface area contributed by atoms with E-state index in [2.05, 4.69) is 24.3 Å². The Balaban J connectivity index is 1.39. The second-order valence-electron chi connectivity index (χ2n) is 7.95. The van der Waals surface area contributed by atoms with Crippen LogP contribution >= 0.6 is 0 Å². The summed E-state index contributed by atoms with van der Waals surface area (Å²) in [7, 11) is 0. The highest BCUT2D eigenvalue weighted by molar-refractivity contribution is 5.76. The number of hydrogen-bond acceptors (Lipinski definition) is 2. The van der Waals surface area contributed by atoms with E-state index in [1.807, 2.05) is 84.9 Å². The molecule has 33 heavy (non-hydrogen) atoms. The number of nitrogens with zero attached hydrogens (tertiary/aromatic N) is 2. The molecule has 164 valence electrons. The Hall–Kier alpha value is -4.18. The molecule has 0 aromatic heterocycles. The predicted molar refractivity (Wildman–Crippen MR) is 133 cm³/mol. The molecule has 0 atom stereocenters. The van der Waals surface area contributed by atoms with Crippen LogP contribution in [0.5, 0.6) is 0 Å². The zero-order valence-electron chi connectivity index (χ0n) is 18.4. The zero-order valence-corrected chi connectivity index (χ0v) is 18.4. The SMILES string of the molecule is O=CN(Cc1ccccc1)c1ccc(Cc2ccc(N(C=O)Cc3ccccc3)cc2)cc1. The fourth-order valence-electron chi connectivity index (χ4n) is 3.79. The van der Waals surface area contributed by atoms with Gasteiger partial charge in [0.1, 0.15) is 0 Å². The van der Waals surface area contributed by atoms with Crippen molar-refractivity contribution in [1.29, 1.82) is 0 Å². The Morgan fingerprint density at radius 2 is 0.818 bits per heavy atom. The van der Waals surface area contributed by atoms with Gasteiger partial charge in [0.2, 0.25) is 12.8 Å². The van der Waals surface area contributed by atoms with Crippen LogP contribution in [0.1, 0.15) is 22.3 Å². The van der Waals surface area contributed by atoms with Gasteiger partial charge in [0.25, 0.3) is 0 Å². The standard InChI is InChI=1S/C29H26N2O2/c32-22-30(20-26-7-3-1-4-8-26)28-15-11-24(12-16-28)19-25-13-17-29(18-14-25)31(23-33)21-27-9-5-2-6-10-27/h1-18,22-23H,19-21H2. The Morgan fingerprint density at radius 3 is 1.15 bits per heavy atom. The number of carbonyl (C=O) groups excluding carboxylic acids is 2. The largest absolute Gasteiger partial charge is 0.311 e. The highest BCUT2D eigenvalue weighted by Crippen LogP contribution is 2.21. The summed E-state index contributed by atoms with van der Waals surface area (Å²) < 4.78 is 0. The van der Waals surface area contributed by atoms with Gasteiger partial charge < -0.3 is 9.80 Å². The third-order valence-corrected chi connectivity index (χ3v) is 5.59. The minimum Gasteiger partial charge on any atom is -0.311 e. The number of anilines is 2. The van der Waals surface area contributed by atoms with Crippen molar-refractivity contribution in [2.75, 3.05) is 9.80 Å². The normalized spacial score (nSPS) is 10.4. The van der Waals surface area contributed by atoms with Crippen LogP contribution in [-0.2, 0) is 29.1 Å². The molecule has 4 aromatic carbocycles. The molecule has 4 aromatic rings. The molecule has 0 saturated heterocycles. The maximum absolute atomic E-state index is 11.6. The summed E-state index contributed by atoms with van der Waals surface area (Å²) in [5.41, 5.74) is 6.24. The van der Waals surface area contributed by atoms with Gasteiger partial charge in [-0.2, -0.15) is 0 Å². The van der Waals surface area contributed by atoms with E-state index in [1.165, 1.54) is 0 Å². The van der Waals surface area contributed by atoms with Crippen molar-refractivity contribution in [3.8, 4) is 0 Å². The fraction of sp³-hybridized carbons (Fsp3) is 0.103. The van der Waals surface area contributed by atoms with E-state index in [4.69, 9.17) is 0 Å². The van der Waals surface area contributed by atoms with Crippen LogP contribution in [0.15, 0.2) is 109 Å². The van der Waals surface area contributed by atoms with Crippen molar-refractivity contribution in [1.82, 2.24) is 0 Å². The van der Waals surface area contributed by atoms with E-state index in [1.54, 1.807) is 9.80 Å². The van der Waals surface area contributed by atoms with E-state index >= 15 is 0 Å². The van der Waals surface area contributed by atoms with Gasteiger partial charge in [0.15, 0.2) is 0 Å². The van der Waals surface area contributed by atoms with Gasteiger partial charge in [-0.05, 0) is 52.9 Å². The molecule has 4 nitrogen and oxygen atoms in total. The average Bonchev–Trinajstić information content (AvgIpc) is 2.88. The number of rotatable bonds is 10. The van der Waals surface area contributed by atoms with E-state index < -0.39 is 0 Å². The summed E-state index contributed by atoms with van der Waals surface area (Å²) >= 11 is 0. The Morgan fingerprint density at radius 1 is 0.455 bits per heavy atom. The number of benzene rings is 4. The molecule has 0 aliphatic heterocycles. The summed E-state index contributed by atoms with van der Waals surface area (Å²) in [5, 5.41) is 0. The molecule has 2 amide bonds. The van der Waals surface area contributed by atoms with E-state index in [-0.39, 0.29) is 0 Å². The molecular weight excluding hydrogens is 408 g/mol. The van der Waals surface area contributed by atoms with Crippen molar-refractivity contribution in [2.45, 2.75) is 19.5 Å². The van der Waals surface area contributed by atoms with Crippen LogP contribution in [0, 0.1) is 0 Å². The van der Waals surface area contributed by atoms with Crippen molar-refractivity contribution in [2.24, 2.45) is 0 Å². The molecule has 0 aliphatic carbocycles. The second-order valence-corrected chi connectivity index (χ2v) is 7.95. The maximum atomic E-state index is 11.6. The number of hydrogen-bond donors (Lipinski definition) is 0. The average molecular weight is 435 g/mol. The molecule has 0 spiro atoms. The summed E-state index contributed by atoms with van der Waals surface area (Å²) in [6.45, 7) is 1.09. The minimum atomic E-state index is 0.543. The monoisotopic (exact) mass is 434 g/mol. The first-order valence-electron chi connectivity index (χ1n) is 10.9. The second kappa shape index (κ2) is 10.9. The quantitative estimate of drug-likeness (QED) is 0.305. The van der Waals surface area contributed by atoms with Gasteiger partial charge in [-0.25, -0.2) is 0 Å². The molecule has 0 aliphatic rings. The molecule has 4 heteroatoms. The third-order valence-electron chi connectivity index (χ3n) is 5.59. The first-order valence-corrected chi connectivity index (χ1v) is 10.9. The molecule has 0 bridgehead atoms. The molecule has 0 heterocycles. The van der Waals surface area contributed by atoms with Crippen LogP contribution in [0.4, 0.5) is 11.4 Å². The minimum absolute atomic E-state index is 0.543. The summed E-state index contributed by atoms with van der Waals surface area (Å²) in [5.74, 6) is 0. The fourth-order valence-corrected chi connectivity index (χ4v) is 3.79. The maximum Gasteiger partial charge on any atom is 0.214 e. The van der Waals surface area contributed by atoms with E-state index in [0.717, 1.165) is 52.9 Å². The topological polar surface area (TPSA) is 40.6 Å². The summed E-state index contributed by atoms with van der Waals surface area (Å²) in [4.78, 5) is 26.6. The van der Waals surface area contributed by atoms with Gasteiger partial charge in [-0.3, -0.25) is 9.59 Å². The predicted octanol–water partition coefficient (Wildman–Crippen LogP) is 5.60. The number of amides is 2. The molecular formula is C29H26N2O2. The molecule has 4 rings (SSSR count). The summed E-state index contributed by atoms with van der Waals surface area (Å²) in [6, 6.07) is 36.0. The highest BCUT2D eigenvalue weighted by atomic mass is 16.1. The van der Waals surface area contributed by atoms with Crippen LogP contribution in [0.3, 0.4) is 0 Å². The first-order chi connectivity index (χ1) is 16.2. The zero-order chi connectivity index (χ0) is 22.9. The molecule has 0 N–H and O–H groups in total. The van der Waals surface area contributed by atoms with E-state index in [9.17, 15) is 9.59 Å². The van der Waals surface area contributed by atoms with Gasteiger partial charge in [0.05, 0.1) is 13.1 Å². The van der Waals surface area contributed by atoms with Crippen LogP contribution in [0.25, 0.3) is 0 Å². The van der Waals surface area contributed by atoms with Crippen LogP contribution in [0.2, 0.25) is 0 Å². The lowest BCUT2D eigenvalue weighted by atomic mass is 10.0. The lowest BCUT2D eigenvalue weighted by Crippen LogP contribution is -2.20. The Labute approximate surface area is 194 Å². The third kappa shape index (κ3) is 5.95.